The highest BCUT2D eigenvalue weighted by Crippen LogP contribution is 2.35. The number of aliphatic hydroxyl groups is 1. The maximum Gasteiger partial charge on any atom is 0.163 e. The quantitative estimate of drug-likeness (QED) is 0.542. The summed E-state index contributed by atoms with van der Waals surface area (Å²) in [6.07, 6.45) is -1.09. The Balaban J connectivity index is 2.02. The molecule has 0 aromatic rings. The SMILES string of the molecule is COCOC[C@@H]1N[C@H](C)[C@H](O)[C@H]2OC(C)(C)O[C@H]21. The van der Waals surface area contributed by atoms with Gasteiger partial charge in [-0.2, -0.15) is 0 Å². The van der Waals surface area contributed by atoms with Crippen LogP contribution < -0.4 is 5.32 Å². The molecule has 2 saturated heterocycles. The summed E-state index contributed by atoms with van der Waals surface area (Å²) in [5, 5.41) is 13.4. The van der Waals surface area contributed by atoms with Crippen LogP contribution in [0.25, 0.3) is 0 Å². The average Bonchev–Trinajstić information content (AvgIpc) is 2.62. The van der Waals surface area contributed by atoms with Gasteiger partial charge in [0.1, 0.15) is 19.0 Å². The molecule has 2 N–H and O–H groups in total. The number of ether oxygens (including phenoxy) is 4. The number of piperidine rings is 1. The van der Waals surface area contributed by atoms with Crippen molar-refractivity contribution in [3.05, 3.63) is 0 Å². The van der Waals surface area contributed by atoms with Gasteiger partial charge in [-0.25, -0.2) is 0 Å². The number of fused-ring (bicyclic) bond motifs is 1. The van der Waals surface area contributed by atoms with E-state index in [9.17, 15) is 5.11 Å². The Morgan fingerprint density at radius 1 is 1.28 bits per heavy atom. The summed E-state index contributed by atoms with van der Waals surface area (Å²) < 4.78 is 21.9. The molecule has 6 heteroatoms. The molecule has 2 aliphatic heterocycles. The molecule has 2 rings (SSSR count). The molecule has 0 saturated carbocycles. The van der Waals surface area contributed by atoms with E-state index in [1.54, 1.807) is 7.11 Å². The predicted octanol–water partition coefficient (Wildman–Crippen LogP) is -0.152. The molecule has 6 nitrogen and oxygen atoms in total. The number of hydrogen-bond donors (Lipinski definition) is 2. The van der Waals surface area contributed by atoms with E-state index in [-0.39, 0.29) is 31.1 Å². The molecule has 0 bridgehead atoms. The van der Waals surface area contributed by atoms with Crippen molar-refractivity contribution in [3.8, 4) is 0 Å². The topological polar surface area (TPSA) is 69.2 Å². The normalized spacial score (nSPS) is 42.8. The van der Waals surface area contributed by atoms with Crippen LogP contribution >= 0.6 is 0 Å². The third-order valence-electron chi connectivity index (χ3n) is 3.38. The maximum atomic E-state index is 10.1. The molecule has 0 aromatic carbocycles. The molecule has 0 aliphatic carbocycles. The van der Waals surface area contributed by atoms with Crippen molar-refractivity contribution in [2.45, 2.75) is 57.0 Å². The predicted molar refractivity (Wildman–Crippen MR) is 64.0 cm³/mol. The smallest absolute Gasteiger partial charge is 0.163 e. The number of rotatable bonds is 4. The van der Waals surface area contributed by atoms with E-state index in [2.05, 4.69) is 5.32 Å². The molecular formula is C12H23NO5. The molecule has 0 unspecified atom stereocenters. The molecule has 0 aromatic heterocycles. The summed E-state index contributed by atoms with van der Waals surface area (Å²) >= 11 is 0. The summed E-state index contributed by atoms with van der Waals surface area (Å²) in [7, 11) is 1.59. The molecule has 0 amide bonds. The summed E-state index contributed by atoms with van der Waals surface area (Å²) in [6.45, 7) is 6.35. The van der Waals surface area contributed by atoms with Crippen molar-refractivity contribution < 1.29 is 24.1 Å². The fourth-order valence-corrected chi connectivity index (χ4v) is 2.61. The van der Waals surface area contributed by atoms with Crippen LogP contribution in [0, 0.1) is 0 Å². The first-order chi connectivity index (χ1) is 8.44. The van der Waals surface area contributed by atoms with Gasteiger partial charge in [-0.3, -0.25) is 0 Å². The lowest BCUT2D eigenvalue weighted by Crippen LogP contribution is -2.64. The molecule has 0 radical (unpaired) electrons. The maximum absolute atomic E-state index is 10.1. The van der Waals surface area contributed by atoms with Gasteiger partial charge in [0.2, 0.25) is 0 Å². The number of methoxy groups -OCH3 is 1. The van der Waals surface area contributed by atoms with Crippen molar-refractivity contribution >= 4 is 0 Å². The van der Waals surface area contributed by atoms with Gasteiger partial charge < -0.3 is 29.4 Å². The van der Waals surface area contributed by atoms with Gasteiger partial charge in [-0.1, -0.05) is 0 Å². The van der Waals surface area contributed by atoms with E-state index in [4.69, 9.17) is 18.9 Å². The second-order valence-electron chi connectivity index (χ2n) is 5.39. The van der Waals surface area contributed by atoms with Crippen LogP contribution in [0.2, 0.25) is 0 Å². The Kier molecular flexibility index (Phi) is 4.25. The lowest BCUT2D eigenvalue weighted by molar-refractivity contribution is -0.154. The lowest BCUT2D eigenvalue weighted by atomic mass is 9.91. The van der Waals surface area contributed by atoms with E-state index in [0.717, 1.165) is 0 Å². The van der Waals surface area contributed by atoms with E-state index in [0.29, 0.717) is 6.61 Å². The zero-order valence-electron chi connectivity index (χ0n) is 11.4. The van der Waals surface area contributed by atoms with Crippen LogP contribution in [-0.2, 0) is 18.9 Å². The standard InChI is InChI=1S/C12H23NO5/c1-7-9(14)11-10(17-12(2,3)18-11)8(13-7)5-16-6-15-4/h7-11,13-14H,5-6H2,1-4H3/t7-,8+,9+,10+,11-/m1/s1. The zero-order valence-corrected chi connectivity index (χ0v) is 11.4. The highest BCUT2D eigenvalue weighted by molar-refractivity contribution is 5.02. The molecule has 2 heterocycles. The first kappa shape index (κ1) is 14.2. The molecule has 18 heavy (non-hydrogen) atoms. The van der Waals surface area contributed by atoms with Crippen LogP contribution in [0.1, 0.15) is 20.8 Å². The summed E-state index contributed by atoms with van der Waals surface area (Å²) in [4.78, 5) is 0. The highest BCUT2D eigenvalue weighted by Gasteiger charge is 2.52. The minimum Gasteiger partial charge on any atom is -0.389 e. The summed E-state index contributed by atoms with van der Waals surface area (Å²) in [6, 6.07) is -0.0646. The molecule has 106 valence electrons. The first-order valence-electron chi connectivity index (χ1n) is 6.31. The Hall–Kier alpha value is -0.240. The van der Waals surface area contributed by atoms with Gasteiger partial charge in [0, 0.05) is 13.2 Å². The Morgan fingerprint density at radius 2 is 1.94 bits per heavy atom. The molecule has 2 aliphatic rings. The molecule has 0 spiro atoms. The van der Waals surface area contributed by atoms with Crippen LogP contribution in [0.3, 0.4) is 0 Å². The van der Waals surface area contributed by atoms with Crippen molar-refractivity contribution in [3.63, 3.8) is 0 Å². The van der Waals surface area contributed by atoms with Crippen molar-refractivity contribution in [2.75, 3.05) is 20.5 Å². The van der Waals surface area contributed by atoms with E-state index >= 15 is 0 Å². The van der Waals surface area contributed by atoms with E-state index in [1.807, 2.05) is 20.8 Å². The minimum absolute atomic E-state index is 0.00896. The summed E-state index contributed by atoms with van der Waals surface area (Å²) in [5.74, 6) is -0.665. The largest absolute Gasteiger partial charge is 0.389 e. The number of nitrogens with one attached hydrogen (secondary N) is 1. The average molecular weight is 261 g/mol. The molecular weight excluding hydrogens is 238 g/mol. The molecule has 2 fully saturated rings. The lowest BCUT2D eigenvalue weighted by Gasteiger charge is -2.39. The van der Waals surface area contributed by atoms with Crippen LogP contribution in [-0.4, -0.2) is 61.8 Å². The Labute approximate surface area is 108 Å². The van der Waals surface area contributed by atoms with Gasteiger partial charge in [-0.15, -0.1) is 0 Å². The fraction of sp³-hybridized carbons (Fsp3) is 1.00. The Bertz CT molecular complexity index is 286. The van der Waals surface area contributed by atoms with Crippen LogP contribution in [0.5, 0.6) is 0 Å². The van der Waals surface area contributed by atoms with Crippen molar-refractivity contribution in [2.24, 2.45) is 0 Å². The van der Waals surface area contributed by atoms with E-state index < -0.39 is 11.9 Å². The number of hydrogen-bond acceptors (Lipinski definition) is 6. The van der Waals surface area contributed by atoms with Crippen molar-refractivity contribution in [1.29, 1.82) is 0 Å². The van der Waals surface area contributed by atoms with Gasteiger partial charge in [0.05, 0.1) is 18.8 Å². The first-order valence-corrected chi connectivity index (χ1v) is 6.31. The second kappa shape index (κ2) is 5.40. The van der Waals surface area contributed by atoms with Gasteiger partial charge in [0.25, 0.3) is 0 Å². The highest BCUT2D eigenvalue weighted by atomic mass is 16.8. The monoisotopic (exact) mass is 261 g/mol. The van der Waals surface area contributed by atoms with Crippen LogP contribution in [0.15, 0.2) is 0 Å². The van der Waals surface area contributed by atoms with Gasteiger partial charge in [0.15, 0.2) is 5.79 Å². The van der Waals surface area contributed by atoms with Gasteiger partial charge >= 0.3 is 0 Å². The van der Waals surface area contributed by atoms with Crippen molar-refractivity contribution in [1.82, 2.24) is 5.32 Å². The summed E-state index contributed by atoms with van der Waals surface area (Å²) in [5.41, 5.74) is 0. The van der Waals surface area contributed by atoms with Crippen LogP contribution in [0.4, 0.5) is 0 Å². The zero-order chi connectivity index (χ0) is 13.3. The number of aliphatic hydroxyl groups excluding tert-OH is 1. The Morgan fingerprint density at radius 3 is 2.61 bits per heavy atom. The molecule has 5 atom stereocenters. The van der Waals surface area contributed by atoms with Gasteiger partial charge in [-0.05, 0) is 20.8 Å². The fourth-order valence-electron chi connectivity index (χ4n) is 2.61. The minimum atomic E-state index is -0.665. The second-order valence-corrected chi connectivity index (χ2v) is 5.39. The van der Waals surface area contributed by atoms with E-state index in [1.165, 1.54) is 0 Å². The third kappa shape index (κ3) is 2.84. The third-order valence-corrected chi connectivity index (χ3v) is 3.38.